The number of nitrogens with zero attached hydrogens (tertiary/aromatic N) is 1. The fourth-order valence-corrected chi connectivity index (χ4v) is 5.45. The summed E-state index contributed by atoms with van der Waals surface area (Å²) in [6, 6.07) is 5.66. The van der Waals surface area contributed by atoms with E-state index in [0.717, 1.165) is 0 Å². The Balaban J connectivity index is 3.20. The van der Waals surface area contributed by atoms with Gasteiger partial charge in [-0.1, -0.05) is 12.1 Å². The number of carbonyl (C=O) groups is 3. The van der Waals surface area contributed by atoms with E-state index in [1.807, 2.05) is 0 Å². The van der Waals surface area contributed by atoms with Crippen molar-refractivity contribution in [2.75, 3.05) is 99.3 Å². The summed E-state index contributed by atoms with van der Waals surface area (Å²) in [5, 5.41) is 7.50. The molecule has 9 N–H and O–H groups in total. The molecule has 2 unspecified atom stereocenters. The number of hydrogen-bond acceptors (Lipinski definition) is 16. The minimum absolute atomic E-state index is 0.0974. The lowest BCUT2D eigenvalue weighted by atomic mass is 10.0. The van der Waals surface area contributed by atoms with Crippen LogP contribution in [0.3, 0.4) is 0 Å². The van der Waals surface area contributed by atoms with Crippen LogP contribution in [0.25, 0.3) is 0 Å². The molecular weight excluding hydrogens is 681 g/mol. The van der Waals surface area contributed by atoms with Gasteiger partial charge in [0.05, 0.1) is 83.7 Å². The Kier molecular flexibility index (Phi) is 23.6. The molecule has 0 heterocycles. The molecule has 288 valence electrons. The first-order valence-electron chi connectivity index (χ1n) is 16.1. The van der Waals surface area contributed by atoms with Crippen molar-refractivity contribution in [3.63, 3.8) is 0 Å². The first-order chi connectivity index (χ1) is 23.9. The summed E-state index contributed by atoms with van der Waals surface area (Å²) in [5.41, 5.74) is 0.675. The van der Waals surface area contributed by atoms with E-state index < -0.39 is 36.5 Å². The molecule has 20 heteroatoms. The summed E-state index contributed by atoms with van der Waals surface area (Å²) in [6.07, 6.45) is 0.0974. The van der Waals surface area contributed by atoms with Crippen LogP contribution < -0.4 is 38.2 Å². The number of rotatable bonds is 29. The lowest BCUT2D eigenvalue weighted by Gasteiger charge is -2.30. The van der Waals surface area contributed by atoms with Crippen LogP contribution in [0.15, 0.2) is 24.3 Å². The van der Waals surface area contributed by atoms with Crippen LogP contribution in [0.1, 0.15) is 26.3 Å². The fourth-order valence-electron chi connectivity index (χ4n) is 4.16. The van der Waals surface area contributed by atoms with Crippen LogP contribution in [0.5, 0.6) is 5.75 Å². The van der Waals surface area contributed by atoms with E-state index in [1.54, 1.807) is 45.0 Å². The largest absolute Gasteiger partial charge is 0.424 e. The molecule has 0 fully saturated rings. The summed E-state index contributed by atoms with van der Waals surface area (Å²) in [5.74, 6) is 14.0. The average Bonchev–Trinajstić information content (AvgIpc) is 3.08. The molecule has 0 bridgehead atoms. The minimum atomic E-state index is -3.50. The Labute approximate surface area is 293 Å². The summed E-state index contributed by atoms with van der Waals surface area (Å²) in [7, 11) is -2.17. The maximum Gasteiger partial charge on any atom is 0.384 e. The Morgan fingerprint density at radius 1 is 0.720 bits per heavy atom. The van der Waals surface area contributed by atoms with E-state index in [-0.39, 0.29) is 98.6 Å². The number of nitrogens with one attached hydrogen (secondary N) is 3. The summed E-state index contributed by atoms with van der Waals surface area (Å²) < 4.78 is 40.3. The highest BCUT2D eigenvalue weighted by atomic mass is 31.2. The third-order valence-corrected chi connectivity index (χ3v) is 9.37. The molecule has 19 nitrogen and oxygen atoms in total. The van der Waals surface area contributed by atoms with Gasteiger partial charge in [-0.2, -0.15) is 0 Å². The maximum atomic E-state index is 13.7. The lowest BCUT2D eigenvalue weighted by molar-refractivity contribution is -0.131. The molecule has 0 saturated carbocycles. The van der Waals surface area contributed by atoms with E-state index in [4.69, 9.17) is 40.9 Å². The molecule has 0 saturated heterocycles. The molecule has 0 aliphatic carbocycles. The van der Waals surface area contributed by atoms with Gasteiger partial charge in [-0.05, 0) is 44.9 Å². The van der Waals surface area contributed by atoms with Gasteiger partial charge in [0.25, 0.3) is 0 Å². The standard InChI is InChI=1S/C30H56N7O12P/c1-30(2,3)50(41,42-4)49-25-7-5-24(6-8-25)21-26(29(40)36-11-14-45-17-20-48-33)37(22-27(38)34-9-12-43-15-18-46-31)23-28(39)35-10-13-44-16-19-47-32/h5-8,26H,9-23,31-33H2,1-4H3,(H,34,38)(H,35,39)(H,36,40). The third-order valence-electron chi connectivity index (χ3n) is 6.80. The first kappa shape index (κ1) is 45.2. The SMILES string of the molecule is COP(=O)(Oc1ccc(CC(C(=O)NCCOCCON)N(CC(=O)NCCOCCON)CC(=O)NCCOCCON)cc1)C(C)(C)C. The van der Waals surface area contributed by atoms with Gasteiger partial charge in [-0.3, -0.25) is 19.3 Å². The Morgan fingerprint density at radius 3 is 1.56 bits per heavy atom. The molecule has 1 rings (SSSR count). The predicted octanol–water partition coefficient (Wildman–Crippen LogP) is -1.01. The quantitative estimate of drug-likeness (QED) is 0.0327. The summed E-state index contributed by atoms with van der Waals surface area (Å²) in [6.45, 7) is 7.02. The topological polar surface area (TPSA) is 260 Å². The lowest BCUT2D eigenvalue weighted by Crippen LogP contribution is -2.54. The Bertz CT molecular complexity index is 1110. The number of nitrogens with two attached hydrogens (primary N) is 3. The van der Waals surface area contributed by atoms with Gasteiger partial charge < -0.3 is 53.7 Å². The van der Waals surface area contributed by atoms with Crippen LogP contribution >= 0.6 is 7.60 Å². The van der Waals surface area contributed by atoms with Gasteiger partial charge in [0.15, 0.2) is 0 Å². The zero-order valence-electron chi connectivity index (χ0n) is 29.5. The van der Waals surface area contributed by atoms with Gasteiger partial charge in [0.2, 0.25) is 17.7 Å². The average molecular weight is 738 g/mol. The molecule has 0 radical (unpaired) electrons. The van der Waals surface area contributed by atoms with Crippen molar-refractivity contribution >= 4 is 25.3 Å². The van der Waals surface area contributed by atoms with Gasteiger partial charge in [-0.25, -0.2) is 22.3 Å². The smallest absolute Gasteiger partial charge is 0.384 e. The van der Waals surface area contributed by atoms with E-state index in [1.165, 1.54) is 12.0 Å². The zero-order chi connectivity index (χ0) is 37.3. The molecule has 1 aromatic carbocycles. The van der Waals surface area contributed by atoms with Gasteiger partial charge in [0, 0.05) is 26.7 Å². The highest BCUT2D eigenvalue weighted by Crippen LogP contribution is 2.58. The summed E-state index contributed by atoms with van der Waals surface area (Å²) >= 11 is 0. The van der Waals surface area contributed by atoms with Crippen molar-refractivity contribution in [3.05, 3.63) is 29.8 Å². The van der Waals surface area contributed by atoms with Crippen LogP contribution in [-0.2, 0) is 58.6 Å². The molecular formula is C30H56N7O12P. The van der Waals surface area contributed by atoms with E-state index in [9.17, 15) is 18.9 Å². The highest BCUT2D eigenvalue weighted by Gasteiger charge is 2.40. The van der Waals surface area contributed by atoms with Crippen molar-refractivity contribution in [2.45, 2.75) is 38.4 Å². The van der Waals surface area contributed by atoms with Crippen molar-refractivity contribution in [2.24, 2.45) is 17.7 Å². The second-order valence-electron chi connectivity index (χ2n) is 11.7. The van der Waals surface area contributed by atoms with Crippen molar-refractivity contribution in [1.82, 2.24) is 20.9 Å². The molecule has 0 spiro atoms. The van der Waals surface area contributed by atoms with Crippen LogP contribution in [0.2, 0.25) is 0 Å². The minimum Gasteiger partial charge on any atom is -0.424 e. The van der Waals surface area contributed by atoms with E-state index >= 15 is 0 Å². The van der Waals surface area contributed by atoms with Crippen molar-refractivity contribution in [3.8, 4) is 5.75 Å². The Hall–Kier alpha value is -2.78. The molecule has 50 heavy (non-hydrogen) atoms. The normalized spacial score (nSPS) is 13.4. The third kappa shape index (κ3) is 19.0. The number of ether oxygens (including phenoxy) is 3. The first-order valence-corrected chi connectivity index (χ1v) is 17.6. The van der Waals surface area contributed by atoms with Crippen LogP contribution in [-0.4, -0.2) is 133 Å². The molecule has 0 aliphatic rings. The molecule has 2 atom stereocenters. The highest BCUT2D eigenvalue weighted by molar-refractivity contribution is 7.55. The van der Waals surface area contributed by atoms with E-state index in [2.05, 4.69) is 30.5 Å². The number of amides is 3. The Morgan fingerprint density at radius 2 is 1.16 bits per heavy atom. The molecule has 3 amide bonds. The van der Waals surface area contributed by atoms with Crippen molar-refractivity contribution < 1.29 is 56.7 Å². The number of hydrogen-bond donors (Lipinski definition) is 6. The molecule has 0 aromatic heterocycles. The zero-order valence-corrected chi connectivity index (χ0v) is 30.4. The van der Waals surface area contributed by atoms with Crippen LogP contribution in [0.4, 0.5) is 0 Å². The second-order valence-corrected chi connectivity index (χ2v) is 14.5. The molecule has 0 aliphatic heterocycles. The maximum absolute atomic E-state index is 13.7. The predicted molar refractivity (Wildman–Crippen MR) is 182 cm³/mol. The van der Waals surface area contributed by atoms with Crippen molar-refractivity contribution in [1.29, 1.82) is 0 Å². The van der Waals surface area contributed by atoms with Gasteiger partial charge >= 0.3 is 7.60 Å². The van der Waals surface area contributed by atoms with E-state index in [0.29, 0.717) is 11.3 Å². The summed E-state index contributed by atoms with van der Waals surface area (Å²) in [4.78, 5) is 54.7. The van der Waals surface area contributed by atoms with Gasteiger partial charge in [0.1, 0.15) is 5.75 Å². The molecule has 1 aromatic rings. The monoisotopic (exact) mass is 737 g/mol. The number of benzene rings is 1. The fraction of sp³-hybridized carbons (Fsp3) is 0.700. The van der Waals surface area contributed by atoms with Crippen LogP contribution in [0, 0.1) is 0 Å². The number of carbonyl (C=O) groups excluding carboxylic acids is 3. The van der Waals surface area contributed by atoms with Gasteiger partial charge in [-0.15, -0.1) is 0 Å². The second kappa shape index (κ2) is 26.1.